The van der Waals surface area contributed by atoms with Gasteiger partial charge in [0, 0.05) is 5.39 Å². The molecule has 0 aliphatic rings. The Balaban J connectivity index is 1.48. The summed E-state index contributed by atoms with van der Waals surface area (Å²) in [5.41, 5.74) is 5.79. The Morgan fingerprint density at radius 2 is 1.14 bits per heavy atom. The van der Waals surface area contributed by atoms with Crippen LogP contribution in [0.1, 0.15) is 0 Å². The van der Waals surface area contributed by atoms with Gasteiger partial charge in [-0.3, -0.25) is 4.40 Å². The van der Waals surface area contributed by atoms with Gasteiger partial charge in [0.05, 0.1) is 16.7 Å². The summed E-state index contributed by atoms with van der Waals surface area (Å²) in [5.74, 6) is 0.852. The van der Waals surface area contributed by atoms with E-state index in [0.717, 1.165) is 44.7 Å². The molecule has 6 aromatic carbocycles. The molecule has 9 aromatic rings. The number of benzene rings is 6. The normalized spacial score (nSPS) is 12.3. The molecule has 0 amide bonds. The summed E-state index contributed by atoms with van der Waals surface area (Å²) in [5, 5.41) is 8.61. The molecule has 0 fully saturated rings. The first kappa shape index (κ1) is 19.1. The number of hydrogen-bond acceptors (Lipinski definition) is 2. The molecular formula is C33H19N3O. The topological polar surface area (TPSA) is 35.4 Å². The Labute approximate surface area is 210 Å². The number of aromatic nitrogens is 3. The number of nitrogens with zero attached hydrogens (tertiary/aromatic N) is 3. The molecule has 37 heavy (non-hydrogen) atoms. The van der Waals surface area contributed by atoms with E-state index in [9.17, 15) is 0 Å². The molecule has 3 aromatic heterocycles. The fourth-order valence-corrected chi connectivity index (χ4v) is 6.13. The molecule has 9 rings (SSSR count). The van der Waals surface area contributed by atoms with E-state index < -0.39 is 0 Å². The van der Waals surface area contributed by atoms with Gasteiger partial charge in [-0.05, 0) is 68.7 Å². The van der Waals surface area contributed by atoms with Crippen LogP contribution in [0.3, 0.4) is 0 Å². The molecule has 0 N–H and O–H groups in total. The number of rotatable bonds is 1. The van der Waals surface area contributed by atoms with Crippen molar-refractivity contribution in [3.8, 4) is 5.69 Å². The first-order valence-corrected chi connectivity index (χ1v) is 12.5. The highest BCUT2D eigenvalue weighted by Gasteiger charge is 2.23. The second-order valence-electron chi connectivity index (χ2n) is 9.64. The fourth-order valence-electron chi connectivity index (χ4n) is 6.13. The second-order valence-corrected chi connectivity index (χ2v) is 9.64. The minimum atomic E-state index is 0.805. The summed E-state index contributed by atoms with van der Waals surface area (Å²) >= 11 is 0. The summed E-state index contributed by atoms with van der Waals surface area (Å²) in [7, 11) is 0. The monoisotopic (exact) mass is 473 g/mol. The van der Waals surface area contributed by atoms with Gasteiger partial charge in [0.2, 0.25) is 11.5 Å². The van der Waals surface area contributed by atoms with Gasteiger partial charge in [-0.15, -0.1) is 0 Å². The number of hydrogen-bond donors (Lipinski definition) is 0. The summed E-state index contributed by atoms with van der Waals surface area (Å²) in [6, 6.07) is 40.6. The van der Waals surface area contributed by atoms with Gasteiger partial charge >= 0.3 is 0 Å². The van der Waals surface area contributed by atoms with E-state index in [-0.39, 0.29) is 0 Å². The van der Waals surface area contributed by atoms with E-state index in [1.807, 2.05) is 18.2 Å². The fraction of sp³-hybridized carbons (Fsp3) is 0. The zero-order valence-electron chi connectivity index (χ0n) is 19.7. The lowest BCUT2D eigenvalue weighted by Crippen LogP contribution is -1.95. The molecule has 0 spiro atoms. The Kier molecular flexibility index (Phi) is 3.50. The molecule has 0 atom stereocenters. The molecule has 0 saturated carbocycles. The molecule has 0 aliphatic carbocycles. The van der Waals surface area contributed by atoms with Crippen molar-refractivity contribution in [2.45, 2.75) is 0 Å². The minimum Gasteiger partial charge on any atom is -0.437 e. The summed E-state index contributed by atoms with van der Waals surface area (Å²) in [4.78, 5) is 5.07. The van der Waals surface area contributed by atoms with Crippen LogP contribution >= 0.6 is 0 Å². The van der Waals surface area contributed by atoms with Crippen molar-refractivity contribution in [1.82, 2.24) is 14.0 Å². The van der Waals surface area contributed by atoms with Gasteiger partial charge in [-0.1, -0.05) is 78.9 Å². The molecule has 172 valence electrons. The third-order valence-corrected chi connectivity index (χ3v) is 7.71. The third-order valence-electron chi connectivity index (χ3n) is 7.71. The zero-order valence-corrected chi connectivity index (χ0v) is 19.7. The lowest BCUT2D eigenvalue weighted by Gasteiger charge is -2.12. The van der Waals surface area contributed by atoms with Crippen LogP contribution in [0, 0.1) is 0 Å². The SMILES string of the molecule is c1ccc2c(c1)nc1n(-c3ccc4c5ccccc5c5ccccc5c4c3)c3oc4ccccc4c3n21. The zero-order chi connectivity index (χ0) is 24.1. The number of fused-ring (bicyclic) bond motifs is 13. The van der Waals surface area contributed by atoms with Crippen LogP contribution in [0.25, 0.3) is 77.0 Å². The molecule has 4 heteroatoms. The maximum atomic E-state index is 6.50. The van der Waals surface area contributed by atoms with E-state index in [0.29, 0.717) is 0 Å². The Morgan fingerprint density at radius 1 is 0.541 bits per heavy atom. The average Bonchev–Trinajstić information content (AvgIpc) is 3.60. The highest BCUT2D eigenvalue weighted by Crippen LogP contribution is 2.39. The maximum Gasteiger partial charge on any atom is 0.232 e. The van der Waals surface area contributed by atoms with Crippen LogP contribution in [0.4, 0.5) is 0 Å². The molecule has 0 saturated heterocycles. The Morgan fingerprint density at radius 3 is 1.89 bits per heavy atom. The third kappa shape index (κ3) is 2.39. The number of imidazole rings is 2. The standard InChI is InChI=1S/C33H19N3O/c1-2-11-23-21(9-1)22-10-3-4-12-24(22)27-19-20(17-18-25(23)27)35-32-31(26-13-5-8-16-30(26)37-32)36-29-15-7-6-14-28(29)34-33(35)36/h1-19H. The van der Waals surface area contributed by atoms with Crippen LogP contribution in [0.15, 0.2) is 120 Å². The Bertz CT molecular complexity index is 2240. The van der Waals surface area contributed by atoms with E-state index in [1.54, 1.807) is 0 Å². The van der Waals surface area contributed by atoms with E-state index in [1.165, 1.54) is 32.3 Å². The second kappa shape index (κ2) is 6.77. The Hall–Kier alpha value is -5.09. The van der Waals surface area contributed by atoms with Crippen molar-refractivity contribution in [2.75, 3.05) is 0 Å². The quantitative estimate of drug-likeness (QED) is 0.224. The summed E-state index contributed by atoms with van der Waals surface area (Å²) in [6.07, 6.45) is 0. The van der Waals surface area contributed by atoms with Crippen molar-refractivity contribution < 1.29 is 4.42 Å². The lowest BCUT2D eigenvalue weighted by atomic mass is 9.94. The van der Waals surface area contributed by atoms with Gasteiger partial charge in [0.15, 0.2) is 0 Å². The largest absolute Gasteiger partial charge is 0.437 e. The maximum absolute atomic E-state index is 6.50. The van der Waals surface area contributed by atoms with Gasteiger partial charge in [-0.2, -0.15) is 0 Å². The predicted octanol–water partition coefficient (Wildman–Crippen LogP) is 8.64. The van der Waals surface area contributed by atoms with Crippen LogP contribution in [0.5, 0.6) is 0 Å². The van der Waals surface area contributed by atoms with Crippen molar-refractivity contribution >= 4 is 71.3 Å². The first-order chi connectivity index (χ1) is 18.4. The van der Waals surface area contributed by atoms with Crippen molar-refractivity contribution in [3.05, 3.63) is 115 Å². The summed E-state index contributed by atoms with van der Waals surface area (Å²) in [6.45, 7) is 0. The van der Waals surface area contributed by atoms with Gasteiger partial charge < -0.3 is 4.42 Å². The highest BCUT2D eigenvalue weighted by atomic mass is 16.3. The van der Waals surface area contributed by atoms with Gasteiger partial charge in [-0.25, -0.2) is 9.55 Å². The molecule has 0 unspecified atom stereocenters. The average molecular weight is 474 g/mol. The minimum absolute atomic E-state index is 0.805. The van der Waals surface area contributed by atoms with E-state index >= 15 is 0 Å². The van der Waals surface area contributed by atoms with Crippen molar-refractivity contribution in [3.63, 3.8) is 0 Å². The van der Waals surface area contributed by atoms with E-state index in [4.69, 9.17) is 9.40 Å². The molecule has 0 radical (unpaired) electrons. The van der Waals surface area contributed by atoms with Crippen LogP contribution in [-0.4, -0.2) is 14.0 Å². The lowest BCUT2D eigenvalue weighted by molar-refractivity contribution is 0.645. The van der Waals surface area contributed by atoms with E-state index in [2.05, 4.69) is 106 Å². The number of furan rings is 1. The molecular weight excluding hydrogens is 454 g/mol. The predicted molar refractivity (Wildman–Crippen MR) is 152 cm³/mol. The molecule has 3 heterocycles. The summed E-state index contributed by atoms with van der Waals surface area (Å²) < 4.78 is 10.9. The smallest absolute Gasteiger partial charge is 0.232 e. The van der Waals surface area contributed by atoms with Crippen LogP contribution in [0.2, 0.25) is 0 Å². The van der Waals surface area contributed by atoms with Crippen LogP contribution in [-0.2, 0) is 0 Å². The first-order valence-electron chi connectivity index (χ1n) is 12.5. The molecule has 4 nitrogen and oxygen atoms in total. The molecule has 0 aliphatic heterocycles. The van der Waals surface area contributed by atoms with Crippen molar-refractivity contribution in [1.29, 1.82) is 0 Å². The number of para-hydroxylation sites is 3. The van der Waals surface area contributed by atoms with Gasteiger partial charge in [0.25, 0.3) is 0 Å². The van der Waals surface area contributed by atoms with Crippen LogP contribution < -0.4 is 0 Å². The molecule has 0 bridgehead atoms. The highest BCUT2D eigenvalue weighted by molar-refractivity contribution is 6.25. The van der Waals surface area contributed by atoms with Crippen molar-refractivity contribution in [2.24, 2.45) is 0 Å². The van der Waals surface area contributed by atoms with Gasteiger partial charge in [0.1, 0.15) is 11.1 Å².